The van der Waals surface area contributed by atoms with Crippen molar-refractivity contribution in [2.75, 3.05) is 12.4 Å². The summed E-state index contributed by atoms with van der Waals surface area (Å²) in [5, 5.41) is 7.92. The second-order valence-electron chi connectivity index (χ2n) is 6.65. The number of methoxy groups -OCH3 is 1. The lowest BCUT2D eigenvalue weighted by molar-refractivity contribution is -0.123. The largest absolute Gasteiger partial charge is 0.497 e. The van der Waals surface area contributed by atoms with Crippen LogP contribution in [0.4, 0.5) is 5.13 Å². The molecule has 0 saturated carbocycles. The van der Waals surface area contributed by atoms with Crippen LogP contribution in [0, 0.1) is 5.41 Å². The Hall–Kier alpha value is -2.41. The molecule has 0 aliphatic heterocycles. The number of thiazole rings is 1. The summed E-state index contributed by atoms with van der Waals surface area (Å²) >= 11 is 1.32. The van der Waals surface area contributed by atoms with Gasteiger partial charge in [-0.25, -0.2) is 4.98 Å². The van der Waals surface area contributed by atoms with E-state index in [1.807, 2.05) is 45.0 Å². The molecule has 0 unspecified atom stereocenters. The molecule has 0 spiro atoms. The van der Waals surface area contributed by atoms with Crippen molar-refractivity contribution in [2.24, 2.45) is 5.41 Å². The molecule has 1 aromatic carbocycles. The summed E-state index contributed by atoms with van der Waals surface area (Å²) in [7, 11) is 1.61. The zero-order valence-electron chi connectivity index (χ0n) is 14.9. The second kappa shape index (κ2) is 8.11. The van der Waals surface area contributed by atoms with Crippen molar-refractivity contribution < 1.29 is 14.3 Å². The number of ether oxygens (including phenoxy) is 1. The van der Waals surface area contributed by atoms with Gasteiger partial charge < -0.3 is 15.4 Å². The zero-order valence-corrected chi connectivity index (χ0v) is 15.7. The first-order chi connectivity index (χ1) is 11.8. The SMILES string of the molecule is COc1ccc(CNC(=O)Cc2csc(NC(=O)C(C)(C)C)n2)cc1. The molecular weight excluding hydrogens is 338 g/mol. The number of nitrogens with one attached hydrogen (secondary N) is 2. The second-order valence-corrected chi connectivity index (χ2v) is 7.51. The van der Waals surface area contributed by atoms with Gasteiger partial charge in [0.15, 0.2) is 5.13 Å². The maximum absolute atomic E-state index is 12.0. The fourth-order valence-electron chi connectivity index (χ4n) is 1.90. The molecule has 0 radical (unpaired) electrons. The monoisotopic (exact) mass is 361 g/mol. The van der Waals surface area contributed by atoms with Crippen molar-refractivity contribution in [3.05, 3.63) is 40.9 Å². The van der Waals surface area contributed by atoms with E-state index in [4.69, 9.17) is 4.74 Å². The number of carbonyl (C=O) groups excluding carboxylic acids is 2. The van der Waals surface area contributed by atoms with E-state index in [9.17, 15) is 9.59 Å². The zero-order chi connectivity index (χ0) is 18.4. The Morgan fingerprint density at radius 3 is 2.48 bits per heavy atom. The van der Waals surface area contributed by atoms with Crippen LogP contribution in [0.2, 0.25) is 0 Å². The van der Waals surface area contributed by atoms with Crippen LogP contribution < -0.4 is 15.4 Å². The first kappa shape index (κ1) is 18.9. The van der Waals surface area contributed by atoms with E-state index in [-0.39, 0.29) is 18.2 Å². The van der Waals surface area contributed by atoms with Crippen molar-refractivity contribution in [1.82, 2.24) is 10.3 Å². The molecular formula is C18H23N3O3S. The molecule has 134 valence electrons. The lowest BCUT2D eigenvalue weighted by atomic mass is 9.96. The van der Waals surface area contributed by atoms with Gasteiger partial charge in [-0.15, -0.1) is 11.3 Å². The van der Waals surface area contributed by atoms with Crippen LogP contribution in [0.25, 0.3) is 0 Å². The third kappa shape index (κ3) is 5.86. The standard InChI is InChI=1S/C18H23N3O3S/c1-18(2,3)16(23)21-17-20-13(11-25-17)9-15(22)19-10-12-5-7-14(24-4)8-6-12/h5-8,11H,9-10H2,1-4H3,(H,19,22)(H,20,21,23). The third-order valence-electron chi connectivity index (χ3n) is 3.44. The van der Waals surface area contributed by atoms with E-state index in [0.29, 0.717) is 17.4 Å². The number of carbonyl (C=O) groups is 2. The van der Waals surface area contributed by atoms with Gasteiger partial charge in [0.1, 0.15) is 5.75 Å². The highest BCUT2D eigenvalue weighted by molar-refractivity contribution is 7.13. The van der Waals surface area contributed by atoms with E-state index < -0.39 is 5.41 Å². The molecule has 0 aliphatic rings. The van der Waals surface area contributed by atoms with Crippen LogP contribution in [0.5, 0.6) is 5.75 Å². The lowest BCUT2D eigenvalue weighted by Crippen LogP contribution is -2.27. The first-order valence-corrected chi connectivity index (χ1v) is 8.81. The minimum absolute atomic E-state index is 0.0997. The molecule has 1 aromatic heterocycles. The number of benzene rings is 1. The van der Waals surface area contributed by atoms with Gasteiger partial charge in [-0.1, -0.05) is 32.9 Å². The molecule has 1 heterocycles. The molecule has 0 aliphatic carbocycles. The predicted molar refractivity (Wildman–Crippen MR) is 98.7 cm³/mol. The summed E-state index contributed by atoms with van der Waals surface area (Å²) < 4.78 is 5.10. The first-order valence-electron chi connectivity index (χ1n) is 7.93. The molecule has 0 saturated heterocycles. The van der Waals surface area contributed by atoms with Gasteiger partial charge in [0.2, 0.25) is 11.8 Å². The maximum atomic E-state index is 12.0. The number of anilines is 1. The molecule has 0 fully saturated rings. The molecule has 2 amide bonds. The van der Waals surface area contributed by atoms with Crippen molar-refractivity contribution in [2.45, 2.75) is 33.7 Å². The number of amides is 2. The fourth-order valence-corrected chi connectivity index (χ4v) is 2.61. The Labute approximate surface area is 151 Å². The fraction of sp³-hybridized carbons (Fsp3) is 0.389. The third-order valence-corrected chi connectivity index (χ3v) is 4.25. The number of hydrogen-bond acceptors (Lipinski definition) is 5. The van der Waals surface area contributed by atoms with Crippen LogP contribution in [-0.2, 0) is 22.6 Å². The van der Waals surface area contributed by atoms with E-state index >= 15 is 0 Å². The van der Waals surface area contributed by atoms with Gasteiger partial charge in [0.05, 0.1) is 19.2 Å². The minimum atomic E-state index is -0.485. The summed E-state index contributed by atoms with van der Waals surface area (Å²) in [5.41, 5.74) is 1.15. The Bertz CT molecular complexity index is 733. The smallest absolute Gasteiger partial charge is 0.231 e. The highest BCUT2D eigenvalue weighted by Gasteiger charge is 2.22. The van der Waals surface area contributed by atoms with Gasteiger partial charge in [-0.3, -0.25) is 9.59 Å². The molecule has 2 rings (SSSR count). The minimum Gasteiger partial charge on any atom is -0.497 e. The molecule has 25 heavy (non-hydrogen) atoms. The van der Waals surface area contributed by atoms with Crippen molar-refractivity contribution in [3.63, 3.8) is 0 Å². The lowest BCUT2D eigenvalue weighted by Gasteiger charge is -2.15. The van der Waals surface area contributed by atoms with Gasteiger partial charge in [0, 0.05) is 17.3 Å². The summed E-state index contributed by atoms with van der Waals surface area (Å²) in [5.74, 6) is 0.564. The van der Waals surface area contributed by atoms with Crippen molar-refractivity contribution in [3.8, 4) is 5.75 Å². The number of rotatable bonds is 6. The van der Waals surface area contributed by atoms with E-state index in [2.05, 4.69) is 15.6 Å². The Balaban J connectivity index is 1.83. The maximum Gasteiger partial charge on any atom is 0.231 e. The quantitative estimate of drug-likeness (QED) is 0.829. The predicted octanol–water partition coefficient (Wildman–Crippen LogP) is 3.00. The molecule has 6 nitrogen and oxygen atoms in total. The molecule has 0 atom stereocenters. The van der Waals surface area contributed by atoms with Gasteiger partial charge in [-0.2, -0.15) is 0 Å². The normalized spacial score (nSPS) is 11.0. The van der Waals surface area contributed by atoms with Crippen LogP contribution in [0.15, 0.2) is 29.6 Å². The summed E-state index contributed by atoms with van der Waals surface area (Å²) in [4.78, 5) is 28.3. The van der Waals surface area contributed by atoms with E-state index in [0.717, 1.165) is 11.3 Å². The highest BCUT2D eigenvalue weighted by Crippen LogP contribution is 2.20. The van der Waals surface area contributed by atoms with Crippen LogP contribution in [0.1, 0.15) is 32.0 Å². The average molecular weight is 361 g/mol. The van der Waals surface area contributed by atoms with Gasteiger partial charge >= 0.3 is 0 Å². The highest BCUT2D eigenvalue weighted by atomic mass is 32.1. The molecule has 7 heteroatoms. The topological polar surface area (TPSA) is 80.3 Å². The number of nitrogens with zero attached hydrogens (tertiary/aromatic N) is 1. The summed E-state index contributed by atoms with van der Waals surface area (Å²) in [6.45, 7) is 5.96. The average Bonchev–Trinajstić information content (AvgIpc) is 2.99. The number of hydrogen-bond donors (Lipinski definition) is 2. The van der Waals surface area contributed by atoms with Gasteiger partial charge in [0.25, 0.3) is 0 Å². The van der Waals surface area contributed by atoms with Crippen molar-refractivity contribution in [1.29, 1.82) is 0 Å². The van der Waals surface area contributed by atoms with E-state index in [1.165, 1.54) is 11.3 Å². The van der Waals surface area contributed by atoms with Gasteiger partial charge in [-0.05, 0) is 17.7 Å². The Kier molecular flexibility index (Phi) is 6.14. The van der Waals surface area contributed by atoms with Crippen LogP contribution >= 0.6 is 11.3 Å². The molecule has 0 bridgehead atoms. The van der Waals surface area contributed by atoms with Crippen LogP contribution in [0.3, 0.4) is 0 Å². The Morgan fingerprint density at radius 2 is 1.88 bits per heavy atom. The van der Waals surface area contributed by atoms with Crippen LogP contribution in [-0.4, -0.2) is 23.9 Å². The molecule has 2 N–H and O–H groups in total. The summed E-state index contributed by atoms with van der Waals surface area (Å²) in [6, 6.07) is 7.52. The van der Waals surface area contributed by atoms with E-state index in [1.54, 1.807) is 12.5 Å². The number of aromatic nitrogens is 1. The summed E-state index contributed by atoms with van der Waals surface area (Å²) in [6.07, 6.45) is 0.179. The Morgan fingerprint density at radius 1 is 1.20 bits per heavy atom. The molecule has 2 aromatic rings. The van der Waals surface area contributed by atoms with Crippen molar-refractivity contribution >= 4 is 28.3 Å².